The Hall–Kier alpha value is -1.93. The first kappa shape index (κ1) is 19.8. The van der Waals surface area contributed by atoms with Gasteiger partial charge in [0.1, 0.15) is 5.82 Å². The zero-order valence-corrected chi connectivity index (χ0v) is 16.4. The molecule has 2 aliphatic heterocycles. The number of carbonyl (C=O) groups is 1. The topological polar surface area (TPSA) is 99.0 Å². The van der Waals surface area contributed by atoms with Gasteiger partial charge < -0.3 is 24.7 Å². The van der Waals surface area contributed by atoms with E-state index in [2.05, 4.69) is 14.8 Å². The quantitative estimate of drug-likeness (QED) is 0.790. The molecule has 0 aliphatic carbocycles. The smallest absolute Gasteiger partial charge is 0.313 e. The molecule has 0 radical (unpaired) electrons. The van der Waals surface area contributed by atoms with Crippen LogP contribution in [-0.4, -0.2) is 71.6 Å². The van der Waals surface area contributed by atoms with Gasteiger partial charge in [-0.3, -0.25) is 4.79 Å². The highest BCUT2D eigenvalue weighted by atomic mass is 16.5. The number of ether oxygens (including phenoxy) is 1. The molecule has 8 heteroatoms. The average molecular weight is 378 g/mol. The Balaban J connectivity index is 1.90. The van der Waals surface area contributed by atoms with Gasteiger partial charge in [-0.05, 0) is 39.5 Å². The second kappa shape index (κ2) is 7.98. The first-order valence-corrected chi connectivity index (χ1v) is 9.67. The highest BCUT2D eigenvalue weighted by Crippen LogP contribution is 2.33. The van der Waals surface area contributed by atoms with Crippen molar-refractivity contribution in [3.05, 3.63) is 11.8 Å². The zero-order chi connectivity index (χ0) is 19.6. The van der Waals surface area contributed by atoms with Crippen molar-refractivity contribution < 1.29 is 19.7 Å². The zero-order valence-electron chi connectivity index (χ0n) is 16.4. The number of piperidine rings is 1. The normalized spacial score (nSPS) is 20.6. The van der Waals surface area contributed by atoms with Gasteiger partial charge in [0, 0.05) is 37.9 Å². The molecule has 2 aliphatic rings. The summed E-state index contributed by atoms with van der Waals surface area (Å²) >= 11 is 0. The molecule has 3 heterocycles. The van der Waals surface area contributed by atoms with Crippen molar-refractivity contribution in [2.75, 3.05) is 49.2 Å². The summed E-state index contributed by atoms with van der Waals surface area (Å²) in [6.45, 7) is 9.37. The van der Waals surface area contributed by atoms with Crippen LogP contribution in [-0.2, 0) is 14.9 Å². The number of rotatable bonds is 5. The van der Waals surface area contributed by atoms with E-state index in [4.69, 9.17) is 9.72 Å². The Labute approximate surface area is 160 Å². The third kappa shape index (κ3) is 4.16. The molecule has 1 atom stereocenters. The lowest BCUT2D eigenvalue weighted by atomic mass is 9.85. The van der Waals surface area contributed by atoms with E-state index in [-0.39, 0.29) is 6.10 Å². The number of nitrogens with zero attached hydrogens (tertiary/aromatic N) is 4. The molecule has 27 heavy (non-hydrogen) atoms. The monoisotopic (exact) mass is 378 g/mol. The van der Waals surface area contributed by atoms with Gasteiger partial charge in [0.2, 0.25) is 5.95 Å². The van der Waals surface area contributed by atoms with Crippen LogP contribution in [0, 0.1) is 5.92 Å². The maximum Gasteiger partial charge on any atom is 0.313 e. The summed E-state index contributed by atoms with van der Waals surface area (Å²) in [4.78, 5) is 25.3. The third-order valence-electron chi connectivity index (χ3n) is 5.78. The highest BCUT2D eigenvalue weighted by molar-refractivity contribution is 5.82. The number of morpholine rings is 1. The molecule has 0 aromatic carbocycles. The van der Waals surface area contributed by atoms with Crippen LogP contribution < -0.4 is 9.80 Å². The SMILES string of the molecule is CC(O)C1CCN(c2ncc(C(C)(C)C(=O)O)c(N3CCOCC3)n2)CC1. The van der Waals surface area contributed by atoms with Crippen LogP contribution in [0.5, 0.6) is 0 Å². The molecular weight excluding hydrogens is 348 g/mol. The summed E-state index contributed by atoms with van der Waals surface area (Å²) in [5, 5.41) is 19.5. The van der Waals surface area contributed by atoms with Crippen molar-refractivity contribution in [1.29, 1.82) is 0 Å². The van der Waals surface area contributed by atoms with Gasteiger partial charge in [-0.1, -0.05) is 0 Å². The summed E-state index contributed by atoms with van der Waals surface area (Å²) in [6.07, 6.45) is 3.17. The van der Waals surface area contributed by atoms with Crippen molar-refractivity contribution >= 4 is 17.7 Å². The van der Waals surface area contributed by atoms with Gasteiger partial charge in [-0.25, -0.2) is 4.98 Å². The molecule has 0 amide bonds. The summed E-state index contributed by atoms with van der Waals surface area (Å²) < 4.78 is 5.44. The summed E-state index contributed by atoms with van der Waals surface area (Å²) in [5.41, 5.74) is -0.453. The second-order valence-electron chi connectivity index (χ2n) is 8.00. The maximum atomic E-state index is 11.8. The van der Waals surface area contributed by atoms with E-state index in [9.17, 15) is 15.0 Å². The summed E-state index contributed by atoms with van der Waals surface area (Å²) in [5.74, 6) is 0.732. The standard InChI is InChI=1S/C19H30N4O4/c1-13(24)14-4-6-23(7-5-14)18-20-12-15(19(2,3)17(25)26)16(21-18)22-8-10-27-11-9-22/h12-14,24H,4-11H2,1-3H3,(H,25,26). The molecule has 2 N–H and O–H groups in total. The van der Waals surface area contributed by atoms with Crippen LogP contribution in [0.3, 0.4) is 0 Å². The van der Waals surface area contributed by atoms with E-state index in [1.807, 2.05) is 6.92 Å². The number of aliphatic hydroxyl groups is 1. The number of aromatic nitrogens is 2. The van der Waals surface area contributed by atoms with Crippen LogP contribution in [0.15, 0.2) is 6.20 Å². The van der Waals surface area contributed by atoms with Crippen LogP contribution in [0.2, 0.25) is 0 Å². The van der Waals surface area contributed by atoms with Crippen LogP contribution >= 0.6 is 0 Å². The fraction of sp³-hybridized carbons (Fsp3) is 0.737. The van der Waals surface area contributed by atoms with Crippen molar-refractivity contribution in [1.82, 2.24) is 9.97 Å². The van der Waals surface area contributed by atoms with Crippen LogP contribution in [0.25, 0.3) is 0 Å². The lowest BCUT2D eigenvalue weighted by Gasteiger charge is -2.36. The largest absolute Gasteiger partial charge is 0.481 e. The molecule has 1 unspecified atom stereocenters. The van der Waals surface area contributed by atoms with Gasteiger partial charge in [-0.15, -0.1) is 0 Å². The molecule has 0 spiro atoms. The maximum absolute atomic E-state index is 11.8. The lowest BCUT2D eigenvalue weighted by molar-refractivity contribution is -0.142. The number of carboxylic acid groups (broad SMARTS) is 1. The molecule has 2 saturated heterocycles. The highest BCUT2D eigenvalue weighted by Gasteiger charge is 2.36. The first-order chi connectivity index (χ1) is 12.8. The summed E-state index contributed by atoms with van der Waals surface area (Å²) in [6, 6.07) is 0. The van der Waals surface area contributed by atoms with E-state index >= 15 is 0 Å². The van der Waals surface area contributed by atoms with Crippen LogP contribution in [0.1, 0.15) is 39.2 Å². The van der Waals surface area contributed by atoms with Crippen molar-refractivity contribution in [3.63, 3.8) is 0 Å². The van der Waals surface area contributed by atoms with E-state index < -0.39 is 11.4 Å². The Morgan fingerprint density at radius 2 is 1.85 bits per heavy atom. The van der Waals surface area contributed by atoms with Gasteiger partial charge in [0.25, 0.3) is 0 Å². The van der Waals surface area contributed by atoms with Crippen molar-refractivity contribution in [2.45, 2.75) is 45.1 Å². The molecule has 2 fully saturated rings. The van der Waals surface area contributed by atoms with E-state index in [1.165, 1.54) is 0 Å². The van der Waals surface area contributed by atoms with Gasteiger partial charge in [-0.2, -0.15) is 4.98 Å². The number of anilines is 2. The molecule has 150 valence electrons. The Kier molecular flexibility index (Phi) is 5.86. The van der Waals surface area contributed by atoms with Crippen LogP contribution in [0.4, 0.5) is 11.8 Å². The fourth-order valence-corrected chi connectivity index (χ4v) is 3.67. The molecule has 0 saturated carbocycles. The number of hydrogen-bond donors (Lipinski definition) is 2. The van der Waals surface area contributed by atoms with Crippen molar-refractivity contribution in [2.24, 2.45) is 5.92 Å². The lowest BCUT2D eigenvalue weighted by Crippen LogP contribution is -2.41. The molecular formula is C19H30N4O4. The fourth-order valence-electron chi connectivity index (χ4n) is 3.67. The minimum Gasteiger partial charge on any atom is -0.481 e. The molecule has 1 aromatic rings. The number of carboxylic acids is 1. The molecule has 3 rings (SSSR count). The Morgan fingerprint density at radius 1 is 1.22 bits per heavy atom. The van der Waals surface area contributed by atoms with Crippen molar-refractivity contribution in [3.8, 4) is 0 Å². The number of aliphatic hydroxyl groups excluding tert-OH is 1. The minimum atomic E-state index is -1.08. The van der Waals surface area contributed by atoms with Gasteiger partial charge in [0.15, 0.2) is 0 Å². The first-order valence-electron chi connectivity index (χ1n) is 9.67. The van der Waals surface area contributed by atoms with E-state index in [0.717, 1.165) is 25.9 Å². The van der Waals surface area contributed by atoms with Gasteiger partial charge in [0.05, 0.1) is 24.7 Å². The molecule has 1 aromatic heterocycles. The average Bonchev–Trinajstić information content (AvgIpc) is 2.68. The van der Waals surface area contributed by atoms with Gasteiger partial charge >= 0.3 is 5.97 Å². The second-order valence-corrected chi connectivity index (χ2v) is 8.00. The number of aliphatic carboxylic acids is 1. The predicted octanol–water partition coefficient (Wildman–Crippen LogP) is 1.27. The third-order valence-corrected chi connectivity index (χ3v) is 5.78. The molecule has 0 bridgehead atoms. The Morgan fingerprint density at radius 3 is 2.41 bits per heavy atom. The van der Waals surface area contributed by atoms with E-state index in [0.29, 0.717) is 49.6 Å². The minimum absolute atomic E-state index is 0.296. The Bertz CT molecular complexity index is 666. The summed E-state index contributed by atoms with van der Waals surface area (Å²) in [7, 11) is 0. The predicted molar refractivity (Wildman–Crippen MR) is 102 cm³/mol. The molecule has 8 nitrogen and oxygen atoms in total. The van der Waals surface area contributed by atoms with E-state index in [1.54, 1.807) is 20.0 Å². The number of hydrogen-bond acceptors (Lipinski definition) is 7.